The first-order chi connectivity index (χ1) is 14.0. The summed E-state index contributed by atoms with van der Waals surface area (Å²) in [6, 6.07) is 0. The molecule has 0 aliphatic heterocycles. The molecule has 0 saturated heterocycles. The van der Waals surface area contributed by atoms with E-state index >= 15 is 0 Å². The second-order valence-electron chi connectivity index (χ2n) is 12.3. The van der Waals surface area contributed by atoms with E-state index in [1.165, 1.54) is 38.5 Å². The topological polar surface area (TPSA) is 57.5 Å². The molecule has 0 bridgehead atoms. The molecule has 0 amide bonds. The van der Waals surface area contributed by atoms with Crippen LogP contribution in [0, 0.1) is 40.4 Å². The van der Waals surface area contributed by atoms with Crippen LogP contribution in [0.2, 0.25) is 0 Å². The van der Waals surface area contributed by atoms with Gasteiger partial charge in [-0.1, -0.05) is 65.0 Å². The Morgan fingerprint density at radius 3 is 2.47 bits per heavy atom. The maximum atomic E-state index is 12.2. The van der Waals surface area contributed by atoms with Crippen molar-refractivity contribution in [2.75, 3.05) is 0 Å². The Kier molecular flexibility index (Phi) is 5.80. The Morgan fingerprint density at radius 2 is 1.77 bits per heavy atom. The number of carbonyl (C=O) groups excluding carboxylic acids is 1. The summed E-state index contributed by atoms with van der Waals surface area (Å²) >= 11 is 0. The summed E-state index contributed by atoms with van der Waals surface area (Å²) in [5.41, 5.74) is 3.58. The lowest BCUT2D eigenvalue weighted by molar-refractivity contribution is -0.217. The molecule has 3 nitrogen and oxygen atoms in total. The van der Waals surface area contributed by atoms with Crippen LogP contribution in [-0.4, -0.2) is 21.8 Å². The zero-order chi connectivity index (χ0) is 21.9. The molecule has 0 aromatic heterocycles. The second-order valence-corrected chi connectivity index (χ2v) is 12.3. The van der Waals surface area contributed by atoms with E-state index in [-0.39, 0.29) is 17.6 Å². The largest absolute Gasteiger partial charge is 0.360 e. The minimum Gasteiger partial charge on any atom is -0.360 e. The van der Waals surface area contributed by atoms with Gasteiger partial charge in [0.05, 0.1) is 0 Å². The van der Waals surface area contributed by atoms with Crippen molar-refractivity contribution in [1.29, 1.82) is 0 Å². The van der Waals surface area contributed by atoms with E-state index in [4.69, 9.17) is 0 Å². The maximum Gasteiger partial charge on any atom is 0.224 e. The van der Waals surface area contributed by atoms with Crippen molar-refractivity contribution in [3.05, 3.63) is 11.1 Å². The summed E-state index contributed by atoms with van der Waals surface area (Å²) in [4.78, 5) is 12.2. The van der Waals surface area contributed by atoms with Crippen LogP contribution in [0.3, 0.4) is 0 Å². The van der Waals surface area contributed by atoms with Gasteiger partial charge in [0.25, 0.3) is 0 Å². The second kappa shape index (κ2) is 7.73. The quantitative estimate of drug-likeness (QED) is 0.425. The molecule has 2 N–H and O–H groups in total. The molecule has 0 aromatic rings. The van der Waals surface area contributed by atoms with Gasteiger partial charge in [-0.2, -0.15) is 0 Å². The third-order valence-electron chi connectivity index (χ3n) is 10.1. The molecule has 3 saturated carbocycles. The number of aliphatic hydroxyl groups is 2. The lowest BCUT2D eigenvalue weighted by Gasteiger charge is -2.57. The van der Waals surface area contributed by atoms with Crippen molar-refractivity contribution in [3.63, 3.8) is 0 Å². The van der Waals surface area contributed by atoms with Crippen LogP contribution in [-0.2, 0) is 4.79 Å². The highest BCUT2D eigenvalue weighted by atomic mass is 16.5. The summed E-state index contributed by atoms with van der Waals surface area (Å²) in [6.45, 7) is 11.9. The first-order valence-electron chi connectivity index (χ1n) is 12.7. The summed E-state index contributed by atoms with van der Waals surface area (Å²) in [5, 5.41) is 20.8. The van der Waals surface area contributed by atoms with Gasteiger partial charge in [0, 0.05) is 12.8 Å². The Hall–Kier alpha value is -0.670. The van der Waals surface area contributed by atoms with Crippen LogP contribution >= 0.6 is 0 Å². The number of carbonyl (C=O) groups is 1. The van der Waals surface area contributed by atoms with E-state index in [0.717, 1.165) is 37.0 Å². The Bertz CT molecular complexity index is 720. The Balaban J connectivity index is 1.58. The fourth-order valence-corrected chi connectivity index (χ4v) is 8.40. The molecule has 4 aliphatic carbocycles. The summed E-state index contributed by atoms with van der Waals surface area (Å²) < 4.78 is 0. The van der Waals surface area contributed by atoms with Crippen molar-refractivity contribution < 1.29 is 15.0 Å². The standard InChI is InChI=1S/C27H44O3/c1-17(2)7-6-8-18(3)21-11-12-22-20-10-9-19-15-24(28)27(29,30)16-26(19,5)23(20)13-14-25(21,22)4/h17-19,21,23,29-30H,6-16H2,1-5H3/t18-,19?,21-,23+,25-,26+/m1/s1. The van der Waals surface area contributed by atoms with E-state index in [1.807, 2.05) is 0 Å². The number of Topliss-reactive ketones (excluding diaryl/α,β-unsaturated/α-hetero) is 1. The smallest absolute Gasteiger partial charge is 0.224 e. The van der Waals surface area contributed by atoms with E-state index in [1.54, 1.807) is 11.1 Å². The van der Waals surface area contributed by atoms with E-state index in [9.17, 15) is 15.0 Å². The zero-order valence-electron chi connectivity index (χ0n) is 20.0. The van der Waals surface area contributed by atoms with Crippen LogP contribution in [0.1, 0.15) is 105 Å². The number of hydrogen-bond donors (Lipinski definition) is 2. The van der Waals surface area contributed by atoms with Crippen molar-refractivity contribution in [2.45, 2.75) is 111 Å². The molecule has 170 valence electrons. The van der Waals surface area contributed by atoms with Crippen LogP contribution in [0.4, 0.5) is 0 Å². The molecule has 4 rings (SSSR count). The first kappa shape index (κ1) is 22.5. The fraction of sp³-hybridized carbons (Fsp3) is 0.889. The van der Waals surface area contributed by atoms with Gasteiger partial charge in [-0.05, 0) is 78.9 Å². The highest BCUT2D eigenvalue weighted by Gasteiger charge is 2.59. The van der Waals surface area contributed by atoms with Crippen LogP contribution in [0.25, 0.3) is 0 Å². The molecule has 0 heterocycles. The molecule has 1 unspecified atom stereocenters. The van der Waals surface area contributed by atoms with Gasteiger partial charge in [-0.3, -0.25) is 4.79 Å². The summed E-state index contributed by atoms with van der Waals surface area (Å²) in [7, 11) is 0. The molecule has 3 fully saturated rings. The third-order valence-corrected chi connectivity index (χ3v) is 10.1. The van der Waals surface area contributed by atoms with Crippen molar-refractivity contribution in [1.82, 2.24) is 0 Å². The van der Waals surface area contributed by atoms with E-state index in [0.29, 0.717) is 23.7 Å². The number of fused-ring (bicyclic) bond motifs is 4. The number of ketones is 1. The molecular weight excluding hydrogens is 372 g/mol. The molecular formula is C27H44O3. The lowest BCUT2D eigenvalue weighted by atomic mass is 9.48. The van der Waals surface area contributed by atoms with Gasteiger partial charge < -0.3 is 10.2 Å². The predicted octanol–water partition coefficient (Wildman–Crippen LogP) is 6.03. The molecule has 0 spiro atoms. The van der Waals surface area contributed by atoms with Gasteiger partial charge in [0.1, 0.15) is 0 Å². The van der Waals surface area contributed by atoms with Crippen molar-refractivity contribution in [2.24, 2.45) is 40.4 Å². The number of rotatable bonds is 5. The molecule has 0 radical (unpaired) electrons. The third kappa shape index (κ3) is 3.52. The predicted molar refractivity (Wildman–Crippen MR) is 121 cm³/mol. The fourth-order valence-electron chi connectivity index (χ4n) is 8.40. The maximum absolute atomic E-state index is 12.2. The van der Waals surface area contributed by atoms with Crippen molar-refractivity contribution >= 4 is 5.78 Å². The summed E-state index contributed by atoms with van der Waals surface area (Å²) in [5.74, 6) is 0.629. The molecule has 0 aromatic carbocycles. The first-order valence-corrected chi connectivity index (χ1v) is 12.7. The average Bonchev–Trinajstić information content (AvgIpc) is 2.99. The minimum absolute atomic E-state index is 0.152. The molecule has 30 heavy (non-hydrogen) atoms. The Morgan fingerprint density at radius 1 is 1.03 bits per heavy atom. The van der Waals surface area contributed by atoms with Gasteiger partial charge in [-0.25, -0.2) is 0 Å². The van der Waals surface area contributed by atoms with Gasteiger partial charge >= 0.3 is 0 Å². The molecule has 3 heteroatoms. The average molecular weight is 417 g/mol. The van der Waals surface area contributed by atoms with Gasteiger partial charge in [0.2, 0.25) is 5.79 Å². The SMILES string of the molecule is CC(C)CCC[C@@H](C)[C@H]1CCC2=C3CCC4CC(=O)C(O)(O)C[C@]4(C)[C@H]3CC[C@@]21C. The molecule has 4 aliphatic rings. The monoisotopic (exact) mass is 416 g/mol. The van der Waals surface area contributed by atoms with Gasteiger partial charge in [-0.15, -0.1) is 0 Å². The zero-order valence-corrected chi connectivity index (χ0v) is 20.0. The van der Waals surface area contributed by atoms with E-state index < -0.39 is 5.79 Å². The normalized spacial score (nSPS) is 41.5. The minimum atomic E-state index is -2.12. The van der Waals surface area contributed by atoms with Gasteiger partial charge in [0.15, 0.2) is 5.78 Å². The number of allylic oxidation sites excluding steroid dienone is 2. The summed E-state index contributed by atoms with van der Waals surface area (Å²) in [6.07, 6.45) is 11.7. The highest BCUT2D eigenvalue weighted by molar-refractivity contribution is 5.86. The lowest BCUT2D eigenvalue weighted by Crippen LogP contribution is -2.56. The van der Waals surface area contributed by atoms with Crippen LogP contribution in [0.5, 0.6) is 0 Å². The highest BCUT2D eigenvalue weighted by Crippen LogP contribution is 2.66. The van der Waals surface area contributed by atoms with Crippen LogP contribution in [0.15, 0.2) is 11.1 Å². The van der Waals surface area contributed by atoms with Crippen LogP contribution < -0.4 is 0 Å². The van der Waals surface area contributed by atoms with E-state index in [2.05, 4.69) is 34.6 Å². The van der Waals surface area contributed by atoms with Crippen molar-refractivity contribution in [3.8, 4) is 0 Å². The molecule has 6 atom stereocenters. The number of hydrogen-bond acceptors (Lipinski definition) is 3. The Labute approximate surface area is 183 Å².